The van der Waals surface area contributed by atoms with Crippen molar-refractivity contribution < 1.29 is 9.59 Å². The highest BCUT2D eigenvalue weighted by atomic mass is 35.5. The van der Waals surface area contributed by atoms with Gasteiger partial charge in [-0.25, -0.2) is 4.79 Å². The number of carbonyl (C=O) groups is 2. The van der Waals surface area contributed by atoms with Crippen LogP contribution in [0.1, 0.15) is 20.3 Å². The minimum atomic E-state index is -0.193. The van der Waals surface area contributed by atoms with Crippen LogP contribution in [0.2, 0.25) is 10.0 Å². The molecule has 0 spiro atoms. The molecule has 0 saturated carbocycles. The second kappa shape index (κ2) is 9.27. The summed E-state index contributed by atoms with van der Waals surface area (Å²) in [6.07, 6.45) is 0.910. The summed E-state index contributed by atoms with van der Waals surface area (Å²) in [5, 5.41) is 6.70. The molecule has 1 aromatic rings. The highest BCUT2D eigenvalue weighted by molar-refractivity contribution is 6.35. The lowest BCUT2D eigenvalue weighted by Crippen LogP contribution is -2.52. The van der Waals surface area contributed by atoms with E-state index >= 15 is 0 Å². The highest BCUT2D eigenvalue weighted by Crippen LogP contribution is 2.22. The Kier molecular flexibility index (Phi) is 7.35. The van der Waals surface area contributed by atoms with Crippen LogP contribution in [0.4, 0.5) is 10.5 Å². The molecule has 0 aliphatic carbocycles. The minimum Gasteiger partial charge on any atom is -0.353 e. The number of anilines is 1. The second-order valence-corrected chi connectivity index (χ2v) is 7.10. The van der Waals surface area contributed by atoms with E-state index in [2.05, 4.69) is 15.5 Å². The Labute approximate surface area is 158 Å². The van der Waals surface area contributed by atoms with E-state index in [4.69, 9.17) is 23.2 Å². The number of amides is 3. The summed E-state index contributed by atoms with van der Waals surface area (Å²) >= 11 is 11.9. The van der Waals surface area contributed by atoms with Gasteiger partial charge in [0.15, 0.2) is 0 Å². The molecule has 8 heteroatoms. The van der Waals surface area contributed by atoms with Gasteiger partial charge in [-0.1, -0.05) is 30.1 Å². The molecular weight excluding hydrogens is 363 g/mol. The molecular formula is C17H24Cl2N4O2. The molecule has 1 fully saturated rings. The lowest BCUT2D eigenvalue weighted by Gasteiger charge is -2.34. The number of urea groups is 1. The number of hydrogen-bond acceptors (Lipinski definition) is 3. The fourth-order valence-corrected chi connectivity index (χ4v) is 3.09. The van der Waals surface area contributed by atoms with Crippen LogP contribution in [0.5, 0.6) is 0 Å². The van der Waals surface area contributed by atoms with Gasteiger partial charge >= 0.3 is 6.03 Å². The molecule has 0 bridgehead atoms. The van der Waals surface area contributed by atoms with Crippen molar-refractivity contribution in [3.63, 3.8) is 0 Å². The summed E-state index contributed by atoms with van der Waals surface area (Å²) in [5.41, 5.74) is 0.567. The molecule has 1 atom stereocenters. The Bertz CT molecular complexity index is 598. The highest BCUT2D eigenvalue weighted by Gasteiger charge is 2.22. The summed E-state index contributed by atoms with van der Waals surface area (Å²) in [7, 11) is 0. The Balaban J connectivity index is 1.79. The first-order valence-electron chi connectivity index (χ1n) is 8.41. The summed E-state index contributed by atoms with van der Waals surface area (Å²) < 4.78 is 0. The number of rotatable bonds is 5. The van der Waals surface area contributed by atoms with Crippen molar-refractivity contribution in [2.45, 2.75) is 26.3 Å². The first-order valence-corrected chi connectivity index (χ1v) is 9.16. The van der Waals surface area contributed by atoms with Crippen LogP contribution in [-0.2, 0) is 4.79 Å². The van der Waals surface area contributed by atoms with E-state index in [-0.39, 0.29) is 18.0 Å². The van der Waals surface area contributed by atoms with E-state index in [0.29, 0.717) is 48.5 Å². The maximum atomic E-state index is 12.3. The topological polar surface area (TPSA) is 64.7 Å². The average molecular weight is 387 g/mol. The predicted molar refractivity (Wildman–Crippen MR) is 101 cm³/mol. The van der Waals surface area contributed by atoms with Gasteiger partial charge in [-0.3, -0.25) is 9.69 Å². The van der Waals surface area contributed by atoms with Crippen LogP contribution in [-0.4, -0.2) is 60.5 Å². The number of nitrogens with one attached hydrogen (secondary N) is 2. The number of halogens is 2. The largest absolute Gasteiger partial charge is 0.353 e. The standard InChI is InChI=1S/C17H24Cl2N4O2/c1-3-12(2)20-16(24)11-22-4-6-23(7-5-22)17(25)21-15-9-13(18)8-14(19)10-15/h8-10,12H,3-7,11H2,1-2H3,(H,20,24)(H,21,25). The van der Waals surface area contributed by atoms with Crippen LogP contribution in [0.3, 0.4) is 0 Å². The molecule has 0 aromatic heterocycles. The fourth-order valence-electron chi connectivity index (χ4n) is 2.56. The van der Waals surface area contributed by atoms with Crippen LogP contribution in [0, 0.1) is 0 Å². The first kappa shape index (κ1) is 19.8. The average Bonchev–Trinajstić information content (AvgIpc) is 2.54. The van der Waals surface area contributed by atoms with Gasteiger partial charge in [0.25, 0.3) is 0 Å². The zero-order valence-corrected chi connectivity index (χ0v) is 16.0. The Morgan fingerprint density at radius 2 is 1.72 bits per heavy atom. The molecule has 6 nitrogen and oxygen atoms in total. The quantitative estimate of drug-likeness (QED) is 0.816. The minimum absolute atomic E-state index is 0.0285. The molecule has 1 aliphatic rings. The molecule has 1 unspecified atom stereocenters. The molecule has 1 heterocycles. The van der Waals surface area contributed by atoms with Gasteiger partial charge in [-0.15, -0.1) is 0 Å². The summed E-state index contributed by atoms with van der Waals surface area (Å²) in [5.74, 6) is 0.0285. The van der Waals surface area contributed by atoms with Gasteiger partial charge in [0, 0.05) is 48.0 Å². The lowest BCUT2D eigenvalue weighted by atomic mass is 10.2. The third-order valence-corrected chi connectivity index (χ3v) is 4.60. The predicted octanol–water partition coefficient (Wildman–Crippen LogP) is 3.06. The van der Waals surface area contributed by atoms with Gasteiger partial charge in [-0.2, -0.15) is 0 Å². The van der Waals surface area contributed by atoms with Gasteiger partial charge in [-0.05, 0) is 31.5 Å². The molecule has 1 saturated heterocycles. The van der Waals surface area contributed by atoms with Gasteiger partial charge in [0.05, 0.1) is 6.54 Å². The third-order valence-electron chi connectivity index (χ3n) is 4.16. The molecule has 2 rings (SSSR count). The van der Waals surface area contributed by atoms with Crippen molar-refractivity contribution in [2.75, 3.05) is 38.0 Å². The van der Waals surface area contributed by atoms with Crippen molar-refractivity contribution in [2.24, 2.45) is 0 Å². The van der Waals surface area contributed by atoms with E-state index in [9.17, 15) is 9.59 Å². The second-order valence-electron chi connectivity index (χ2n) is 6.23. The lowest BCUT2D eigenvalue weighted by molar-refractivity contribution is -0.123. The van der Waals surface area contributed by atoms with Crippen LogP contribution >= 0.6 is 23.2 Å². The molecule has 138 valence electrons. The van der Waals surface area contributed by atoms with Gasteiger partial charge in [0.2, 0.25) is 5.91 Å². The number of hydrogen-bond donors (Lipinski definition) is 2. The molecule has 1 aliphatic heterocycles. The van der Waals surface area contributed by atoms with Gasteiger partial charge < -0.3 is 15.5 Å². The third kappa shape index (κ3) is 6.38. The SMILES string of the molecule is CCC(C)NC(=O)CN1CCN(C(=O)Nc2cc(Cl)cc(Cl)c2)CC1. The molecule has 2 N–H and O–H groups in total. The van der Waals surface area contributed by atoms with E-state index < -0.39 is 0 Å². The molecule has 3 amide bonds. The Morgan fingerprint density at radius 3 is 2.28 bits per heavy atom. The van der Waals surface area contributed by atoms with Gasteiger partial charge in [0.1, 0.15) is 0 Å². The monoisotopic (exact) mass is 386 g/mol. The van der Waals surface area contributed by atoms with Crippen molar-refractivity contribution in [3.8, 4) is 0 Å². The number of benzene rings is 1. The smallest absolute Gasteiger partial charge is 0.321 e. The summed E-state index contributed by atoms with van der Waals surface area (Å²) in [6, 6.07) is 4.91. The maximum Gasteiger partial charge on any atom is 0.321 e. The van der Waals surface area contributed by atoms with Crippen molar-refractivity contribution >= 4 is 40.8 Å². The number of piperazine rings is 1. The van der Waals surface area contributed by atoms with Crippen molar-refractivity contribution in [1.29, 1.82) is 0 Å². The zero-order valence-electron chi connectivity index (χ0n) is 14.5. The van der Waals surface area contributed by atoms with E-state index in [1.165, 1.54) is 0 Å². The molecule has 0 radical (unpaired) electrons. The summed E-state index contributed by atoms with van der Waals surface area (Å²) in [4.78, 5) is 28.0. The normalized spacial score (nSPS) is 16.4. The summed E-state index contributed by atoms with van der Waals surface area (Å²) in [6.45, 7) is 6.85. The Morgan fingerprint density at radius 1 is 1.12 bits per heavy atom. The number of nitrogens with zero attached hydrogens (tertiary/aromatic N) is 2. The van der Waals surface area contributed by atoms with E-state index in [1.807, 2.05) is 13.8 Å². The fraction of sp³-hybridized carbons (Fsp3) is 0.529. The maximum absolute atomic E-state index is 12.3. The Hall–Kier alpha value is -1.50. The zero-order chi connectivity index (χ0) is 18.4. The van der Waals surface area contributed by atoms with Crippen molar-refractivity contribution in [1.82, 2.24) is 15.1 Å². The van der Waals surface area contributed by atoms with Crippen LogP contribution in [0.15, 0.2) is 18.2 Å². The molecule has 25 heavy (non-hydrogen) atoms. The van der Waals surface area contributed by atoms with Crippen LogP contribution < -0.4 is 10.6 Å². The van der Waals surface area contributed by atoms with E-state index in [1.54, 1.807) is 23.1 Å². The van der Waals surface area contributed by atoms with Crippen molar-refractivity contribution in [3.05, 3.63) is 28.2 Å². The first-order chi connectivity index (χ1) is 11.9. The van der Waals surface area contributed by atoms with E-state index in [0.717, 1.165) is 6.42 Å². The molecule has 1 aromatic carbocycles. The van der Waals surface area contributed by atoms with Crippen LogP contribution in [0.25, 0.3) is 0 Å². The number of carbonyl (C=O) groups excluding carboxylic acids is 2.